The lowest BCUT2D eigenvalue weighted by Crippen LogP contribution is -2.40. The van der Waals surface area contributed by atoms with Crippen LogP contribution in [-0.2, 0) is 0 Å². The molecule has 0 radical (unpaired) electrons. The second-order valence-electron chi connectivity index (χ2n) is 3.90. The van der Waals surface area contributed by atoms with Crippen molar-refractivity contribution in [3.8, 4) is 0 Å². The molecule has 0 bridgehead atoms. The van der Waals surface area contributed by atoms with E-state index in [1.165, 1.54) is 14.0 Å². The van der Waals surface area contributed by atoms with Gasteiger partial charge >= 0.3 is 12.4 Å². The molecule has 0 aromatic rings. The molecule has 1 unspecified atom stereocenters. The Morgan fingerprint density at radius 2 is 1.47 bits per heavy atom. The molecule has 90 valence electrons. The molecular formula is C8H11F6N. The van der Waals surface area contributed by atoms with Gasteiger partial charge in [0.1, 0.15) is 0 Å². The fourth-order valence-corrected chi connectivity index (χ4v) is 2.01. The van der Waals surface area contributed by atoms with Crippen LogP contribution in [0.25, 0.3) is 0 Å². The maximum atomic E-state index is 12.4. The first-order valence-corrected chi connectivity index (χ1v) is 4.39. The van der Waals surface area contributed by atoms with Crippen molar-refractivity contribution >= 4 is 0 Å². The molecule has 3 atom stereocenters. The topological polar surface area (TPSA) is 3.24 Å². The third-order valence-corrected chi connectivity index (χ3v) is 2.93. The lowest BCUT2D eigenvalue weighted by molar-refractivity contribution is -0.244. The van der Waals surface area contributed by atoms with Gasteiger partial charge in [0.15, 0.2) is 0 Å². The predicted octanol–water partition coefficient (Wildman–Crippen LogP) is 2.68. The van der Waals surface area contributed by atoms with Gasteiger partial charge < -0.3 is 4.90 Å². The largest absolute Gasteiger partial charge is 0.393 e. The summed E-state index contributed by atoms with van der Waals surface area (Å²) in [5, 5.41) is 0. The molecule has 1 heterocycles. The van der Waals surface area contributed by atoms with E-state index >= 15 is 0 Å². The van der Waals surface area contributed by atoms with Crippen LogP contribution in [0.2, 0.25) is 0 Å². The summed E-state index contributed by atoms with van der Waals surface area (Å²) in [4.78, 5) is 1.09. The van der Waals surface area contributed by atoms with Gasteiger partial charge in [-0.3, -0.25) is 0 Å². The van der Waals surface area contributed by atoms with Gasteiger partial charge in [0, 0.05) is 12.6 Å². The van der Waals surface area contributed by atoms with Gasteiger partial charge in [-0.1, -0.05) is 0 Å². The maximum Gasteiger partial charge on any atom is 0.393 e. The van der Waals surface area contributed by atoms with Crippen molar-refractivity contribution in [3.63, 3.8) is 0 Å². The van der Waals surface area contributed by atoms with Crippen molar-refractivity contribution in [2.45, 2.75) is 25.3 Å². The fourth-order valence-electron chi connectivity index (χ4n) is 2.01. The van der Waals surface area contributed by atoms with Crippen molar-refractivity contribution in [2.24, 2.45) is 11.8 Å². The van der Waals surface area contributed by atoms with E-state index < -0.39 is 36.8 Å². The summed E-state index contributed by atoms with van der Waals surface area (Å²) in [6.45, 7) is 0.582. The van der Waals surface area contributed by atoms with E-state index in [0.717, 1.165) is 4.90 Å². The number of halogens is 6. The van der Waals surface area contributed by atoms with Gasteiger partial charge in [0.05, 0.1) is 11.8 Å². The number of likely N-dealkylation sites (tertiary alicyclic amines) is 1. The average molecular weight is 235 g/mol. The van der Waals surface area contributed by atoms with E-state index in [2.05, 4.69) is 0 Å². The van der Waals surface area contributed by atoms with Crippen LogP contribution in [0.4, 0.5) is 26.3 Å². The number of hydrogen-bond donors (Lipinski definition) is 0. The molecule has 15 heavy (non-hydrogen) atoms. The number of hydrogen-bond acceptors (Lipinski definition) is 1. The van der Waals surface area contributed by atoms with Crippen molar-refractivity contribution in [2.75, 3.05) is 13.6 Å². The van der Waals surface area contributed by atoms with E-state index in [-0.39, 0.29) is 0 Å². The zero-order chi connectivity index (χ0) is 12.0. The first kappa shape index (κ1) is 12.6. The Bertz CT molecular complexity index is 232. The van der Waals surface area contributed by atoms with Gasteiger partial charge in [-0.05, 0) is 14.0 Å². The molecule has 1 fully saturated rings. The highest BCUT2D eigenvalue weighted by atomic mass is 19.4. The Hall–Kier alpha value is -0.460. The minimum absolute atomic E-state index is 0.588. The summed E-state index contributed by atoms with van der Waals surface area (Å²) in [5.74, 6) is -4.62. The molecule has 7 heteroatoms. The highest BCUT2D eigenvalue weighted by Crippen LogP contribution is 2.47. The van der Waals surface area contributed by atoms with Crippen LogP contribution in [0.15, 0.2) is 0 Å². The molecule has 0 saturated carbocycles. The van der Waals surface area contributed by atoms with Gasteiger partial charge in [-0.15, -0.1) is 0 Å². The molecular weight excluding hydrogens is 224 g/mol. The smallest absolute Gasteiger partial charge is 0.302 e. The second-order valence-corrected chi connectivity index (χ2v) is 3.90. The van der Waals surface area contributed by atoms with Crippen molar-refractivity contribution in [1.82, 2.24) is 4.90 Å². The number of rotatable bonds is 0. The fraction of sp³-hybridized carbons (Fsp3) is 1.00. The first-order chi connectivity index (χ1) is 6.55. The third-order valence-electron chi connectivity index (χ3n) is 2.93. The molecule has 0 N–H and O–H groups in total. The second kappa shape index (κ2) is 3.54. The summed E-state index contributed by atoms with van der Waals surface area (Å²) >= 11 is 0. The molecule has 1 aliphatic rings. The van der Waals surface area contributed by atoms with E-state index in [1.54, 1.807) is 0 Å². The minimum Gasteiger partial charge on any atom is -0.302 e. The number of nitrogens with zero attached hydrogens (tertiary/aromatic N) is 1. The van der Waals surface area contributed by atoms with Crippen molar-refractivity contribution in [3.05, 3.63) is 0 Å². The molecule has 1 rings (SSSR count). The standard InChI is InChI=1S/C8H11F6N/c1-4-6(8(12,13)14)5(3-15(4)2)7(9,10)11/h4-6H,3H2,1-2H3/t4?,5-,6-/m1/s1. The Labute approximate surface area is 83.0 Å². The highest BCUT2D eigenvalue weighted by Gasteiger charge is 2.61. The van der Waals surface area contributed by atoms with E-state index in [9.17, 15) is 26.3 Å². The summed E-state index contributed by atoms with van der Waals surface area (Å²) in [7, 11) is 1.27. The van der Waals surface area contributed by atoms with Crippen molar-refractivity contribution in [1.29, 1.82) is 0 Å². The lowest BCUT2D eigenvalue weighted by atomic mass is 9.90. The molecule has 1 aliphatic heterocycles. The van der Waals surface area contributed by atoms with Gasteiger partial charge in [-0.25, -0.2) is 0 Å². The molecule has 0 amide bonds. The van der Waals surface area contributed by atoms with E-state index in [1.807, 2.05) is 0 Å². The van der Waals surface area contributed by atoms with Crippen LogP contribution in [0.3, 0.4) is 0 Å². The summed E-state index contributed by atoms with van der Waals surface area (Å²) in [6, 6.07) is -1.13. The van der Waals surface area contributed by atoms with Crippen LogP contribution in [0.1, 0.15) is 6.92 Å². The third kappa shape index (κ3) is 2.38. The van der Waals surface area contributed by atoms with Crippen LogP contribution < -0.4 is 0 Å². The van der Waals surface area contributed by atoms with Crippen LogP contribution in [-0.4, -0.2) is 36.9 Å². The zero-order valence-electron chi connectivity index (χ0n) is 8.15. The molecule has 0 spiro atoms. The predicted molar refractivity (Wildman–Crippen MR) is 41.2 cm³/mol. The Morgan fingerprint density at radius 3 is 1.73 bits per heavy atom. The molecule has 0 aromatic heterocycles. The molecule has 0 aliphatic carbocycles. The van der Waals surface area contributed by atoms with Gasteiger partial charge in [0.25, 0.3) is 0 Å². The van der Waals surface area contributed by atoms with Crippen molar-refractivity contribution < 1.29 is 26.3 Å². The summed E-state index contributed by atoms with van der Waals surface area (Å²) in [6.07, 6.45) is -9.59. The van der Waals surface area contributed by atoms with Crippen LogP contribution in [0.5, 0.6) is 0 Å². The normalized spacial score (nSPS) is 34.8. The van der Waals surface area contributed by atoms with E-state index in [0.29, 0.717) is 0 Å². The monoisotopic (exact) mass is 235 g/mol. The van der Waals surface area contributed by atoms with Gasteiger partial charge in [-0.2, -0.15) is 26.3 Å². The Balaban J connectivity index is 2.98. The van der Waals surface area contributed by atoms with Crippen LogP contribution >= 0.6 is 0 Å². The minimum atomic E-state index is -4.80. The highest BCUT2D eigenvalue weighted by molar-refractivity contribution is 4.95. The van der Waals surface area contributed by atoms with Crippen LogP contribution in [0, 0.1) is 11.8 Å². The Morgan fingerprint density at radius 1 is 1.00 bits per heavy atom. The van der Waals surface area contributed by atoms with E-state index in [4.69, 9.17) is 0 Å². The average Bonchev–Trinajstić information content (AvgIpc) is 2.25. The zero-order valence-corrected chi connectivity index (χ0v) is 8.15. The molecule has 0 aromatic carbocycles. The summed E-state index contributed by atoms with van der Waals surface area (Å²) in [5.41, 5.74) is 0. The lowest BCUT2D eigenvalue weighted by Gasteiger charge is -2.26. The van der Waals surface area contributed by atoms with Gasteiger partial charge in [0.2, 0.25) is 0 Å². The maximum absolute atomic E-state index is 12.4. The molecule has 1 nitrogen and oxygen atoms in total. The number of alkyl halides is 6. The molecule has 1 saturated heterocycles. The SMILES string of the molecule is CC1[C@@H](C(F)(F)F)[C@H](C(F)(F)F)CN1C. The summed E-state index contributed by atoms with van der Waals surface area (Å²) < 4.78 is 74.4. The first-order valence-electron chi connectivity index (χ1n) is 4.39. The Kier molecular flexibility index (Phi) is 2.97. The quantitative estimate of drug-likeness (QED) is 0.583.